The highest BCUT2D eigenvalue weighted by molar-refractivity contribution is 7.95. The van der Waals surface area contributed by atoms with Crippen LogP contribution in [-0.2, 0) is 0 Å². The van der Waals surface area contributed by atoms with E-state index >= 15 is 0 Å². The SMILES string of the molecule is CNSNC. The molecule has 0 atom stereocenters. The lowest BCUT2D eigenvalue weighted by molar-refractivity contribution is 1.21. The summed E-state index contributed by atoms with van der Waals surface area (Å²) in [6, 6.07) is 0. The topological polar surface area (TPSA) is 24.1 Å². The van der Waals surface area contributed by atoms with Crippen molar-refractivity contribution in [3.05, 3.63) is 0 Å². The van der Waals surface area contributed by atoms with E-state index < -0.39 is 0 Å². The third-order valence-corrected chi connectivity index (χ3v) is 0.612. The van der Waals surface area contributed by atoms with E-state index in [0.717, 1.165) is 0 Å². The highest BCUT2D eigenvalue weighted by Crippen LogP contribution is 1.71. The molecule has 0 spiro atoms. The first kappa shape index (κ1) is 5.27. The van der Waals surface area contributed by atoms with Gasteiger partial charge in [-0.05, 0) is 14.1 Å². The Morgan fingerprint density at radius 2 is 1.60 bits per heavy atom. The standard InChI is InChI=1S/C2H8N2S/c1-3-5-4-2/h3-4H,1-2H3. The van der Waals surface area contributed by atoms with Crippen molar-refractivity contribution in [1.82, 2.24) is 9.44 Å². The molecule has 2 nitrogen and oxygen atoms in total. The molecular weight excluding hydrogens is 84.1 g/mol. The lowest BCUT2D eigenvalue weighted by atomic mass is 11.6. The summed E-state index contributed by atoms with van der Waals surface area (Å²) in [7, 11) is 3.72. The second-order valence-corrected chi connectivity index (χ2v) is 1.53. The molecule has 0 saturated carbocycles. The molecule has 0 amide bonds. The van der Waals surface area contributed by atoms with E-state index in [1.165, 1.54) is 12.1 Å². The average Bonchev–Trinajstić information content (AvgIpc) is 1.41. The fourth-order valence-electron chi connectivity index (χ4n) is 0.102. The monoisotopic (exact) mass is 92.0 g/mol. The second kappa shape index (κ2) is 4.27. The van der Waals surface area contributed by atoms with Crippen LogP contribution in [0.3, 0.4) is 0 Å². The molecule has 0 aliphatic rings. The number of hydrogen-bond acceptors (Lipinski definition) is 3. The molecule has 0 saturated heterocycles. The first-order valence-corrected chi connectivity index (χ1v) is 2.22. The molecule has 0 unspecified atom stereocenters. The highest BCUT2D eigenvalue weighted by atomic mass is 32.2. The molecule has 0 radical (unpaired) electrons. The lowest BCUT2D eigenvalue weighted by Crippen LogP contribution is -2.01. The summed E-state index contributed by atoms with van der Waals surface area (Å²) in [4.78, 5) is 0. The first-order valence-electron chi connectivity index (χ1n) is 1.41. The van der Waals surface area contributed by atoms with Gasteiger partial charge in [-0.15, -0.1) is 0 Å². The lowest BCUT2D eigenvalue weighted by Gasteiger charge is -1.86. The van der Waals surface area contributed by atoms with Crippen LogP contribution < -0.4 is 9.44 Å². The van der Waals surface area contributed by atoms with Crippen molar-refractivity contribution in [3.8, 4) is 0 Å². The number of hydrogen-bond donors (Lipinski definition) is 2. The Balaban J connectivity index is 2.19. The summed E-state index contributed by atoms with van der Waals surface area (Å²) in [6.45, 7) is 0. The van der Waals surface area contributed by atoms with E-state index in [0.29, 0.717) is 0 Å². The summed E-state index contributed by atoms with van der Waals surface area (Å²) < 4.78 is 5.65. The maximum atomic E-state index is 2.82. The van der Waals surface area contributed by atoms with Crippen LogP contribution in [0.2, 0.25) is 0 Å². The minimum absolute atomic E-state index is 1.46. The first-order chi connectivity index (χ1) is 2.41. The Labute approximate surface area is 36.6 Å². The van der Waals surface area contributed by atoms with E-state index in [9.17, 15) is 0 Å². The van der Waals surface area contributed by atoms with Gasteiger partial charge in [-0.3, -0.25) is 9.44 Å². The quantitative estimate of drug-likeness (QED) is 0.468. The van der Waals surface area contributed by atoms with Gasteiger partial charge in [-0.25, -0.2) is 0 Å². The smallest absolute Gasteiger partial charge is 0.00248 e. The summed E-state index contributed by atoms with van der Waals surface area (Å²) >= 11 is 1.46. The molecule has 0 aromatic carbocycles. The van der Waals surface area contributed by atoms with Crippen LogP contribution >= 0.6 is 12.1 Å². The van der Waals surface area contributed by atoms with Crippen LogP contribution in [0.15, 0.2) is 0 Å². The molecule has 2 N–H and O–H groups in total. The van der Waals surface area contributed by atoms with Gasteiger partial charge < -0.3 is 0 Å². The average molecular weight is 92.2 g/mol. The van der Waals surface area contributed by atoms with Crippen molar-refractivity contribution in [3.63, 3.8) is 0 Å². The summed E-state index contributed by atoms with van der Waals surface area (Å²) in [5.74, 6) is 0. The third kappa shape index (κ3) is 4.27. The van der Waals surface area contributed by atoms with E-state index in [1.807, 2.05) is 14.1 Å². The fourth-order valence-corrected chi connectivity index (χ4v) is 0.306. The molecule has 0 heterocycles. The predicted molar refractivity (Wildman–Crippen MR) is 25.7 cm³/mol. The molecule has 0 aliphatic heterocycles. The van der Waals surface area contributed by atoms with Crippen molar-refractivity contribution in [2.75, 3.05) is 14.1 Å². The van der Waals surface area contributed by atoms with E-state index in [4.69, 9.17) is 0 Å². The van der Waals surface area contributed by atoms with Crippen LogP contribution in [0.5, 0.6) is 0 Å². The zero-order chi connectivity index (χ0) is 4.12. The van der Waals surface area contributed by atoms with Crippen LogP contribution in [0, 0.1) is 0 Å². The summed E-state index contributed by atoms with van der Waals surface area (Å²) in [5, 5.41) is 0. The summed E-state index contributed by atoms with van der Waals surface area (Å²) in [5.41, 5.74) is 0. The fraction of sp³-hybridized carbons (Fsp3) is 1.00. The minimum atomic E-state index is 1.46. The Kier molecular flexibility index (Phi) is 4.50. The molecule has 0 aromatic rings. The molecule has 5 heavy (non-hydrogen) atoms. The van der Waals surface area contributed by atoms with Gasteiger partial charge in [0, 0.05) is 12.1 Å². The van der Waals surface area contributed by atoms with Gasteiger partial charge in [-0.2, -0.15) is 0 Å². The van der Waals surface area contributed by atoms with Crippen molar-refractivity contribution >= 4 is 12.1 Å². The molecule has 3 heteroatoms. The summed E-state index contributed by atoms with van der Waals surface area (Å²) in [6.07, 6.45) is 0. The zero-order valence-corrected chi connectivity index (χ0v) is 4.22. The maximum Gasteiger partial charge on any atom is 0.00248 e. The molecule has 32 valence electrons. The van der Waals surface area contributed by atoms with Gasteiger partial charge in [0.15, 0.2) is 0 Å². The van der Waals surface area contributed by atoms with Gasteiger partial charge in [-0.1, -0.05) is 0 Å². The van der Waals surface area contributed by atoms with Gasteiger partial charge in [0.1, 0.15) is 0 Å². The molecule has 0 fully saturated rings. The Bertz CT molecular complexity index is 15.1. The third-order valence-electron chi connectivity index (χ3n) is 0.204. The van der Waals surface area contributed by atoms with Gasteiger partial charge >= 0.3 is 0 Å². The number of nitrogens with one attached hydrogen (secondary N) is 2. The van der Waals surface area contributed by atoms with Crippen molar-refractivity contribution in [2.45, 2.75) is 0 Å². The van der Waals surface area contributed by atoms with Gasteiger partial charge in [0.25, 0.3) is 0 Å². The Morgan fingerprint density at radius 1 is 1.20 bits per heavy atom. The molecular formula is C2H8N2S. The van der Waals surface area contributed by atoms with Crippen LogP contribution in [0.4, 0.5) is 0 Å². The van der Waals surface area contributed by atoms with Crippen molar-refractivity contribution in [1.29, 1.82) is 0 Å². The highest BCUT2D eigenvalue weighted by Gasteiger charge is 1.61. The minimum Gasteiger partial charge on any atom is -0.254 e. The van der Waals surface area contributed by atoms with Crippen LogP contribution in [-0.4, -0.2) is 14.1 Å². The van der Waals surface area contributed by atoms with Crippen LogP contribution in [0.25, 0.3) is 0 Å². The predicted octanol–water partition coefficient (Wildman–Crippen LogP) is -0.0116. The zero-order valence-electron chi connectivity index (χ0n) is 3.41. The Hall–Kier alpha value is 0.270. The second-order valence-electron chi connectivity index (χ2n) is 0.510. The molecule has 0 aromatic heterocycles. The number of rotatable bonds is 2. The maximum absolute atomic E-state index is 2.82. The Morgan fingerprint density at radius 3 is 1.60 bits per heavy atom. The van der Waals surface area contributed by atoms with Gasteiger partial charge in [0.2, 0.25) is 0 Å². The van der Waals surface area contributed by atoms with Crippen molar-refractivity contribution < 1.29 is 0 Å². The van der Waals surface area contributed by atoms with Crippen LogP contribution in [0.1, 0.15) is 0 Å². The van der Waals surface area contributed by atoms with Crippen molar-refractivity contribution in [2.24, 2.45) is 0 Å². The van der Waals surface area contributed by atoms with E-state index in [-0.39, 0.29) is 0 Å². The molecule has 0 aliphatic carbocycles. The van der Waals surface area contributed by atoms with E-state index in [1.54, 1.807) is 0 Å². The largest absolute Gasteiger partial charge is 0.254 e. The molecule has 0 bridgehead atoms. The van der Waals surface area contributed by atoms with Gasteiger partial charge in [0.05, 0.1) is 0 Å². The normalized spacial score (nSPS) is 8.40. The van der Waals surface area contributed by atoms with E-state index in [2.05, 4.69) is 9.44 Å². The molecule has 0 rings (SSSR count).